The molecule has 5 aromatic rings. The minimum Gasteiger partial charge on any atom is -0.493 e. The number of amides is 1. The van der Waals surface area contributed by atoms with Crippen LogP contribution in [0.3, 0.4) is 0 Å². The Morgan fingerprint density at radius 2 is 1.73 bits per heavy atom. The van der Waals surface area contributed by atoms with Crippen LogP contribution in [0.1, 0.15) is 24.1 Å². The van der Waals surface area contributed by atoms with E-state index in [4.69, 9.17) is 39.9 Å². The number of nitrogens with one attached hydrogen (secondary N) is 2. The summed E-state index contributed by atoms with van der Waals surface area (Å²) in [5.41, 5.74) is 4.76. The van der Waals surface area contributed by atoms with Gasteiger partial charge in [-0.3, -0.25) is 14.6 Å². The van der Waals surface area contributed by atoms with Crippen molar-refractivity contribution in [3.63, 3.8) is 0 Å². The molecule has 0 atom stereocenters. The third-order valence-corrected chi connectivity index (χ3v) is 8.04. The minimum atomic E-state index is -0.293. The van der Waals surface area contributed by atoms with Crippen LogP contribution < -0.4 is 35.0 Å². The van der Waals surface area contributed by atoms with Crippen LogP contribution in [0.15, 0.2) is 63.8 Å². The topological polar surface area (TPSA) is 121 Å². The Hall–Kier alpha value is -4.96. The van der Waals surface area contributed by atoms with E-state index in [0.717, 1.165) is 48.0 Å². The molecule has 1 aliphatic carbocycles. The number of nitrogens with zero attached hydrogens (tertiary/aromatic N) is 1. The molecule has 10 nitrogen and oxygen atoms in total. The monoisotopic (exact) mass is 629 g/mol. The van der Waals surface area contributed by atoms with Crippen molar-refractivity contribution in [3.8, 4) is 34.3 Å². The van der Waals surface area contributed by atoms with Crippen LogP contribution in [-0.2, 0) is 17.6 Å². The number of hydrogen-bond acceptors (Lipinski definition) is 9. The van der Waals surface area contributed by atoms with Crippen LogP contribution >= 0.6 is 11.6 Å². The number of benzene rings is 3. The molecule has 0 aliphatic heterocycles. The Bertz CT molecular complexity index is 1960. The van der Waals surface area contributed by atoms with E-state index in [0.29, 0.717) is 39.2 Å². The first kappa shape index (κ1) is 30.1. The maximum absolute atomic E-state index is 13.1. The highest BCUT2D eigenvalue weighted by Crippen LogP contribution is 2.43. The number of carbonyl (C=O) groups excluding carboxylic acids is 1. The molecule has 0 fully saturated rings. The second-order valence-electron chi connectivity index (χ2n) is 10.5. The molecule has 0 saturated heterocycles. The summed E-state index contributed by atoms with van der Waals surface area (Å²) in [7, 11) is 4.41. The second-order valence-corrected chi connectivity index (χ2v) is 11.0. The fourth-order valence-electron chi connectivity index (χ4n) is 5.68. The lowest BCUT2D eigenvalue weighted by atomic mass is 9.93. The molecule has 0 unspecified atom stereocenters. The van der Waals surface area contributed by atoms with E-state index in [9.17, 15) is 9.59 Å². The molecule has 1 aliphatic rings. The van der Waals surface area contributed by atoms with Crippen LogP contribution in [0.4, 0.5) is 5.69 Å². The van der Waals surface area contributed by atoms with Gasteiger partial charge in [0.25, 0.3) is 5.91 Å². The van der Waals surface area contributed by atoms with Gasteiger partial charge in [0, 0.05) is 39.5 Å². The molecule has 3 aromatic carbocycles. The zero-order chi connectivity index (χ0) is 31.5. The van der Waals surface area contributed by atoms with E-state index in [-0.39, 0.29) is 35.7 Å². The number of hydrogen-bond donors (Lipinski definition) is 2. The molecule has 0 bridgehead atoms. The van der Waals surface area contributed by atoms with Crippen molar-refractivity contribution >= 4 is 45.1 Å². The van der Waals surface area contributed by atoms with E-state index >= 15 is 0 Å². The van der Waals surface area contributed by atoms with Crippen LogP contribution in [0.25, 0.3) is 33.2 Å². The molecule has 45 heavy (non-hydrogen) atoms. The lowest BCUT2D eigenvalue weighted by molar-refractivity contribution is -0.122. The molecule has 0 saturated carbocycles. The summed E-state index contributed by atoms with van der Waals surface area (Å²) in [5.74, 6) is 1.49. The number of rotatable bonds is 10. The third-order valence-electron chi connectivity index (χ3n) is 7.81. The van der Waals surface area contributed by atoms with Gasteiger partial charge in [-0.25, -0.2) is 0 Å². The van der Waals surface area contributed by atoms with Crippen LogP contribution in [-0.4, -0.2) is 45.5 Å². The zero-order valence-electron chi connectivity index (χ0n) is 25.1. The number of pyridine rings is 1. The van der Waals surface area contributed by atoms with Gasteiger partial charge in [0.1, 0.15) is 22.5 Å². The smallest absolute Gasteiger partial charge is 0.259 e. The highest BCUT2D eigenvalue weighted by Gasteiger charge is 2.21. The van der Waals surface area contributed by atoms with Gasteiger partial charge in [0.2, 0.25) is 5.75 Å². The molecule has 0 radical (unpaired) electrons. The SMILES string of the molecule is COc1cc2oc(-c3ccc(OCC(=O)NCNc4c5c(nc6cc(Cl)ccc46)CCCC5)cc3)cc(=O)c2c(OC)c1OC. The van der Waals surface area contributed by atoms with E-state index in [1.54, 1.807) is 30.3 Å². The summed E-state index contributed by atoms with van der Waals surface area (Å²) < 4.78 is 28.0. The molecule has 11 heteroatoms. The van der Waals surface area contributed by atoms with E-state index < -0.39 is 0 Å². The Morgan fingerprint density at radius 3 is 2.49 bits per heavy atom. The zero-order valence-corrected chi connectivity index (χ0v) is 25.9. The first-order valence-electron chi connectivity index (χ1n) is 14.5. The van der Waals surface area contributed by atoms with Gasteiger partial charge >= 0.3 is 0 Å². The average molecular weight is 630 g/mol. The molecule has 2 N–H and O–H groups in total. The molecule has 2 aromatic heterocycles. The molecule has 0 spiro atoms. The fraction of sp³-hybridized carbons (Fsp3) is 0.265. The van der Waals surface area contributed by atoms with Gasteiger partial charge in [-0.2, -0.15) is 0 Å². The lowest BCUT2D eigenvalue weighted by Gasteiger charge is -2.22. The predicted molar refractivity (Wildman–Crippen MR) is 173 cm³/mol. The highest BCUT2D eigenvalue weighted by atomic mass is 35.5. The van der Waals surface area contributed by atoms with E-state index in [1.807, 2.05) is 18.2 Å². The quantitative estimate of drug-likeness (QED) is 0.176. The predicted octanol–water partition coefficient (Wildman–Crippen LogP) is 6.13. The summed E-state index contributed by atoms with van der Waals surface area (Å²) in [4.78, 5) is 30.5. The van der Waals surface area contributed by atoms with Gasteiger partial charge in [0.05, 0.1) is 33.5 Å². The standard InChI is InChI=1S/C34H32ClN3O7/c1-41-29-16-28-31(34(43-3)33(29)42-2)26(39)15-27(45-28)19-8-11-21(12-9-19)44-17-30(40)36-18-37-32-22-6-4-5-7-24(22)38-25-14-20(35)10-13-23(25)32/h8-16H,4-7,17-18H2,1-3H3,(H,36,40)(H,37,38). The molecular weight excluding hydrogens is 598 g/mol. The number of carbonyl (C=O) groups is 1. The average Bonchev–Trinajstić information content (AvgIpc) is 3.06. The van der Waals surface area contributed by atoms with Gasteiger partial charge in [0.15, 0.2) is 23.5 Å². The van der Waals surface area contributed by atoms with Crippen molar-refractivity contribution in [1.82, 2.24) is 10.3 Å². The number of aryl methyl sites for hydroxylation is 1. The molecule has 2 heterocycles. The van der Waals surface area contributed by atoms with Crippen LogP contribution in [0, 0.1) is 0 Å². The second kappa shape index (κ2) is 13.0. The molecule has 232 valence electrons. The first-order chi connectivity index (χ1) is 21.9. The Morgan fingerprint density at radius 1 is 0.956 bits per heavy atom. The van der Waals surface area contributed by atoms with E-state index in [2.05, 4.69) is 10.6 Å². The largest absolute Gasteiger partial charge is 0.493 e. The fourth-order valence-corrected chi connectivity index (χ4v) is 5.84. The third kappa shape index (κ3) is 6.06. The summed E-state index contributed by atoms with van der Waals surface area (Å²) >= 11 is 6.22. The summed E-state index contributed by atoms with van der Waals surface area (Å²) in [6.07, 6.45) is 4.08. The van der Waals surface area contributed by atoms with Crippen molar-refractivity contribution in [2.45, 2.75) is 25.7 Å². The molecule has 1 amide bonds. The lowest BCUT2D eigenvalue weighted by Crippen LogP contribution is -2.33. The first-order valence-corrected chi connectivity index (χ1v) is 14.9. The van der Waals surface area contributed by atoms with Gasteiger partial charge in [-0.15, -0.1) is 0 Å². The minimum absolute atomic E-state index is 0.168. The van der Waals surface area contributed by atoms with Gasteiger partial charge in [-0.1, -0.05) is 11.6 Å². The van der Waals surface area contributed by atoms with Crippen molar-refractivity contribution in [3.05, 3.63) is 81.1 Å². The maximum atomic E-state index is 13.1. The summed E-state index contributed by atoms with van der Waals surface area (Å²) in [6, 6.07) is 15.6. The Labute approximate surface area is 264 Å². The van der Waals surface area contributed by atoms with Crippen LogP contribution in [0.2, 0.25) is 5.02 Å². The van der Waals surface area contributed by atoms with Crippen molar-refractivity contribution in [2.24, 2.45) is 0 Å². The highest BCUT2D eigenvalue weighted by molar-refractivity contribution is 6.31. The number of halogens is 1. The van der Waals surface area contributed by atoms with Crippen molar-refractivity contribution in [1.29, 1.82) is 0 Å². The van der Waals surface area contributed by atoms with Crippen molar-refractivity contribution in [2.75, 3.05) is 39.9 Å². The number of anilines is 1. The molecular formula is C34H32ClN3O7. The van der Waals surface area contributed by atoms with Crippen molar-refractivity contribution < 1.29 is 28.2 Å². The summed E-state index contributed by atoms with van der Waals surface area (Å²) in [5, 5.41) is 8.14. The number of fused-ring (bicyclic) bond motifs is 3. The maximum Gasteiger partial charge on any atom is 0.259 e. The number of ether oxygens (including phenoxy) is 4. The van der Waals surface area contributed by atoms with E-state index in [1.165, 1.54) is 33.0 Å². The Balaban J connectivity index is 1.11. The van der Waals surface area contributed by atoms with Crippen LogP contribution in [0.5, 0.6) is 23.0 Å². The number of methoxy groups -OCH3 is 3. The van der Waals surface area contributed by atoms with Gasteiger partial charge < -0.3 is 34.0 Å². The van der Waals surface area contributed by atoms with Gasteiger partial charge in [-0.05, 0) is 73.7 Å². The molecule has 6 rings (SSSR count). The number of aromatic nitrogens is 1. The normalized spacial score (nSPS) is 12.4. The Kier molecular flexibility index (Phi) is 8.66. The summed E-state index contributed by atoms with van der Waals surface area (Å²) in [6.45, 7) is 0.0655.